The van der Waals surface area contributed by atoms with E-state index in [2.05, 4.69) is 10.2 Å². The van der Waals surface area contributed by atoms with Crippen molar-refractivity contribution in [2.75, 3.05) is 33.4 Å². The van der Waals surface area contributed by atoms with Crippen molar-refractivity contribution in [1.29, 1.82) is 0 Å². The van der Waals surface area contributed by atoms with Crippen molar-refractivity contribution in [3.05, 3.63) is 23.8 Å². The quantitative estimate of drug-likeness (QED) is 0.890. The van der Waals surface area contributed by atoms with Crippen LogP contribution in [0.15, 0.2) is 18.2 Å². The molecule has 1 atom stereocenters. The molecule has 0 aromatic heterocycles. The third kappa shape index (κ3) is 4.09. The fourth-order valence-corrected chi connectivity index (χ4v) is 3.89. The second kappa shape index (κ2) is 7.24. The molecule has 0 radical (unpaired) electrons. The van der Waals surface area contributed by atoms with Crippen molar-refractivity contribution in [1.82, 2.24) is 10.2 Å². The van der Waals surface area contributed by atoms with E-state index in [4.69, 9.17) is 9.47 Å². The lowest BCUT2D eigenvalue weighted by Crippen LogP contribution is -2.48. The fourth-order valence-electron chi connectivity index (χ4n) is 3.89. The molecule has 1 unspecified atom stereocenters. The van der Waals surface area contributed by atoms with E-state index in [1.54, 1.807) is 7.11 Å². The first kappa shape index (κ1) is 16.7. The molecule has 4 rings (SSSR count). The zero-order chi connectivity index (χ0) is 17.2. The number of hydrogen-bond acceptors (Lipinski definition) is 4. The number of carbonyl (C=O) groups is 1. The summed E-state index contributed by atoms with van der Waals surface area (Å²) in [6.07, 6.45) is 5.70. The number of piperidine rings is 1. The van der Waals surface area contributed by atoms with E-state index in [0.29, 0.717) is 12.6 Å². The molecule has 0 bridgehead atoms. The van der Waals surface area contributed by atoms with Gasteiger partial charge in [-0.05, 0) is 49.7 Å². The lowest BCUT2D eigenvalue weighted by Gasteiger charge is -2.33. The predicted octanol–water partition coefficient (Wildman–Crippen LogP) is 2.24. The highest BCUT2D eigenvalue weighted by Crippen LogP contribution is 2.32. The summed E-state index contributed by atoms with van der Waals surface area (Å²) in [5.41, 5.74) is 1.09. The van der Waals surface area contributed by atoms with Crippen molar-refractivity contribution < 1.29 is 14.3 Å². The van der Waals surface area contributed by atoms with Crippen molar-refractivity contribution >= 4 is 5.91 Å². The van der Waals surface area contributed by atoms with Crippen molar-refractivity contribution in [3.8, 4) is 11.5 Å². The summed E-state index contributed by atoms with van der Waals surface area (Å²) in [6.45, 7) is 3.94. The Kier molecular flexibility index (Phi) is 4.84. The van der Waals surface area contributed by atoms with Crippen LogP contribution in [0, 0.1) is 11.8 Å². The van der Waals surface area contributed by atoms with E-state index in [1.807, 2.05) is 18.2 Å². The van der Waals surface area contributed by atoms with Crippen LogP contribution in [0.3, 0.4) is 0 Å². The molecule has 136 valence electrons. The summed E-state index contributed by atoms with van der Waals surface area (Å²) in [6, 6.07) is 6.15. The van der Waals surface area contributed by atoms with Crippen LogP contribution in [0.4, 0.5) is 0 Å². The minimum absolute atomic E-state index is 0.0922. The van der Waals surface area contributed by atoms with Gasteiger partial charge in [-0.1, -0.05) is 6.07 Å². The maximum atomic E-state index is 12.6. The molecular formula is C20H28N2O3. The standard InChI is InChI=1S/C20H28N2O3/c1-24-18-5-4-15-10-16(13-25-19(15)11-18)20(23)21-17-6-8-22(9-7-17)12-14-2-3-14/h4-5,11,14,16-17H,2-3,6-10,12-13H2,1H3,(H,21,23). The van der Waals surface area contributed by atoms with Gasteiger partial charge in [0.05, 0.1) is 13.0 Å². The Labute approximate surface area is 149 Å². The number of rotatable bonds is 5. The molecule has 5 nitrogen and oxygen atoms in total. The predicted molar refractivity (Wildman–Crippen MR) is 96.0 cm³/mol. The summed E-state index contributed by atoms with van der Waals surface area (Å²) in [4.78, 5) is 15.2. The normalized spacial score (nSPS) is 24.3. The van der Waals surface area contributed by atoms with Gasteiger partial charge in [0.25, 0.3) is 0 Å². The first-order chi connectivity index (χ1) is 12.2. The highest BCUT2D eigenvalue weighted by atomic mass is 16.5. The number of nitrogens with zero attached hydrogens (tertiary/aromatic N) is 1. The first-order valence-electron chi connectivity index (χ1n) is 9.53. The van der Waals surface area contributed by atoms with Crippen LogP contribution in [0.5, 0.6) is 11.5 Å². The van der Waals surface area contributed by atoms with E-state index in [9.17, 15) is 4.79 Å². The molecule has 25 heavy (non-hydrogen) atoms. The van der Waals surface area contributed by atoms with E-state index in [1.165, 1.54) is 19.4 Å². The van der Waals surface area contributed by atoms with Crippen LogP contribution >= 0.6 is 0 Å². The van der Waals surface area contributed by atoms with Crippen LogP contribution in [-0.4, -0.2) is 50.2 Å². The van der Waals surface area contributed by atoms with Gasteiger partial charge in [-0.15, -0.1) is 0 Å². The maximum Gasteiger partial charge on any atom is 0.227 e. The van der Waals surface area contributed by atoms with Gasteiger partial charge in [0.1, 0.15) is 18.1 Å². The van der Waals surface area contributed by atoms with Crippen molar-refractivity contribution in [2.45, 2.75) is 38.1 Å². The van der Waals surface area contributed by atoms with Crippen LogP contribution in [0.1, 0.15) is 31.2 Å². The highest BCUT2D eigenvalue weighted by molar-refractivity contribution is 5.80. The molecule has 5 heteroatoms. The molecule has 1 aliphatic carbocycles. The third-order valence-electron chi connectivity index (χ3n) is 5.70. The Hall–Kier alpha value is -1.75. The average molecular weight is 344 g/mol. The number of likely N-dealkylation sites (tertiary alicyclic amines) is 1. The zero-order valence-corrected chi connectivity index (χ0v) is 15.0. The van der Waals surface area contributed by atoms with Gasteiger partial charge in [0.2, 0.25) is 5.91 Å². The molecule has 1 saturated carbocycles. The molecule has 2 aliphatic heterocycles. The Morgan fingerprint density at radius 3 is 2.80 bits per heavy atom. The lowest BCUT2D eigenvalue weighted by atomic mass is 9.95. The molecule has 1 N–H and O–H groups in total. The second-order valence-corrected chi connectivity index (χ2v) is 7.71. The molecule has 0 spiro atoms. The molecule has 1 saturated heterocycles. The first-order valence-corrected chi connectivity index (χ1v) is 9.53. The number of ether oxygens (including phenoxy) is 2. The topological polar surface area (TPSA) is 50.8 Å². The van der Waals surface area contributed by atoms with Gasteiger partial charge in [0, 0.05) is 31.7 Å². The lowest BCUT2D eigenvalue weighted by molar-refractivity contribution is -0.127. The Balaban J connectivity index is 1.27. The molecule has 1 aromatic carbocycles. The smallest absolute Gasteiger partial charge is 0.227 e. The zero-order valence-electron chi connectivity index (χ0n) is 15.0. The van der Waals surface area contributed by atoms with Gasteiger partial charge in [-0.2, -0.15) is 0 Å². The van der Waals surface area contributed by atoms with Gasteiger partial charge in [0.15, 0.2) is 0 Å². The Morgan fingerprint density at radius 2 is 2.08 bits per heavy atom. The minimum Gasteiger partial charge on any atom is -0.497 e. The number of fused-ring (bicyclic) bond motifs is 1. The van der Waals surface area contributed by atoms with E-state index in [0.717, 1.165) is 55.3 Å². The number of carbonyl (C=O) groups excluding carboxylic acids is 1. The molecule has 1 aromatic rings. The van der Waals surface area contributed by atoms with Crippen LogP contribution in [0.2, 0.25) is 0 Å². The highest BCUT2D eigenvalue weighted by Gasteiger charge is 2.30. The van der Waals surface area contributed by atoms with E-state index in [-0.39, 0.29) is 11.8 Å². The van der Waals surface area contributed by atoms with Gasteiger partial charge < -0.3 is 19.7 Å². The largest absolute Gasteiger partial charge is 0.497 e. The number of benzene rings is 1. The summed E-state index contributed by atoms with van der Waals surface area (Å²) in [5.74, 6) is 2.63. The van der Waals surface area contributed by atoms with Crippen molar-refractivity contribution in [3.63, 3.8) is 0 Å². The molecule has 2 fully saturated rings. The molecular weight excluding hydrogens is 316 g/mol. The summed E-state index contributed by atoms with van der Waals surface area (Å²) < 4.78 is 11.0. The molecule has 1 amide bonds. The van der Waals surface area contributed by atoms with Gasteiger partial charge in [-0.25, -0.2) is 0 Å². The maximum absolute atomic E-state index is 12.6. The second-order valence-electron chi connectivity index (χ2n) is 7.71. The Bertz CT molecular complexity index is 621. The monoisotopic (exact) mass is 344 g/mol. The molecule has 2 heterocycles. The van der Waals surface area contributed by atoms with Crippen molar-refractivity contribution in [2.24, 2.45) is 11.8 Å². The van der Waals surface area contributed by atoms with Crippen LogP contribution in [-0.2, 0) is 11.2 Å². The number of methoxy groups -OCH3 is 1. The van der Waals surface area contributed by atoms with Crippen LogP contribution in [0.25, 0.3) is 0 Å². The number of amides is 1. The van der Waals surface area contributed by atoms with E-state index >= 15 is 0 Å². The number of hydrogen-bond donors (Lipinski definition) is 1. The number of nitrogens with one attached hydrogen (secondary N) is 1. The summed E-state index contributed by atoms with van der Waals surface area (Å²) in [7, 11) is 1.65. The van der Waals surface area contributed by atoms with E-state index < -0.39 is 0 Å². The summed E-state index contributed by atoms with van der Waals surface area (Å²) in [5, 5.41) is 3.26. The summed E-state index contributed by atoms with van der Waals surface area (Å²) >= 11 is 0. The third-order valence-corrected chi connectivity index (χ3v) is 5.70. The average Bonchev–Trinajstić information content (AvgIpc) is 3.46. The SMILES string of the molecule is COc1ccc2c(c1)OCC(C(=O)NC1CCN(CC3CC3)CC1)C2. The Morgan fingerprint density at radius 1 is 1.28 bits per heavy atom. The van der Waals surface area contributed by atoms with Gasteiger partial charge in [-0.3, -0.25) is 4.79 Å². The van der Waals surface area contributed by atoms with Gasteiger partial charge >= 0.3 is 0 Å². The molecule has 3 aliphatic rings. The fraction of sp³-hybridized carbons (Fsp3) is 0.650. The van der Waals surface area contributed by atoms with Crippen LogP contribution < -0.4 is 14.8 Å². The minimum atomic E-state index is -0.0922.